The highest BCUT2D eigenvalue weighted by molar-refractivity contribution is 6.29. The molecule has 4 nitrogen and oxygen atoms in total. The minimum absolute atomic E-state index is 0.0220. The van der Waals surface area contributed by atoms with Gasteiger partial charge in [-0.05, 0) is 30.7 Å². The van der Waals surface area contributed by atoms with Crippen LogP contribution in [0.4, 0.5) is 0 Å². The Morgan fingerprint density at radius 1 is 1.40 bits per heavy atom. The predicted octanol–water partition coefficient (Wildman–Crippen LogP) is 3.66. The number of hydrogen-bond donors (Lipinski definition) is 1. The Morgan fingerprint density at radius 2 is 2.15 bits per heavy atom. The fourth-order valence-electron chi connectivity index (χ4n) is 2.50. The van der Waals surface area contributed by atoms with Crippen molar-refractivity contribution < 1.29 is 4.74 Å². The summed E-state index contributed by atoms with van der Waals surface area (Å²) in [5.41, 5.74) is 1.03. The monoisotopic (exact) mass is 290 g/mol. The quantitative estimate of drug-likeness (QED) is 0.935. The Labute approximate surface area is 121 Å². The normalized spacial score (nSPS) is 15.9. The number of hydrogen-bond acceptors (Lipinski definition) is 3. The van der Waals surface area contributed by atoms with Gasteiger partial charge in [0.05, 0.1) is 0 Å². The van der Waals surface area contributed by atoms with Crippen LogP contribution in [0, 0.1) is 0 Å². The van der Waals surface area contributed by atoms with Gasteiger partial charge in [-0.3, -0.25) is 9.89 Å². The van der Waals surface area contributed by atoms with Crippen LogP contribution in [0.1, 0.15) is 31.7 Å². The minimum atomic E-state index is -0.329. The number of nitrogens with zero attached hydrogens (tertiary/aromatic N) is 1. The van der Waals surface area contributed by atoms with Crippen molar-refractivity contribution >= 4 is 11.6 Å². The number of halogens is 1. The molecule has 0 radical (unpaired) electrons. The van der Waals surface area contributed by atoms with Gasteiger partial charge in [0, 0.05) is 11.6 Å². The number of para-hydroxylation sites is 1. The van der Waals surface area contributed by atoms with Crippen LogP contribution in [-0.2, 0) is 5.41 Å². The lowest BCUT2D eigenvalue weighted by Crippen LogP contribution is -2.11. The summed E-state index contributed by atoms with van der Waals surface area (Å²) in [5.74, 6) is 0.723. The van der Waals surface area contributed by atoms with Gasteiger partial charge in [0.2, 0.25) is 5.43 Å². The molecule has 0 unspecified atom stereocenters. The molecule has 20 heavy (non-hydrogen) atoms. The van der Waals surface area contributed by atoms with E-state index in [1.165, 1.54) is 6.07 Å². The molecule has 1 aromatic carbocycles. The maximum Gasteiger partial charge on any atom is 0.285 e. The Bertz CT molecular complexity index is 692. The van der Waals surface area contributed by atoms with E-state index in [0.717, 1.165) is 24.8 Å². The van der Waals surface area contributed by atoms with Gasteiger partial charge in [0.25, 0.3) is 5.88 Å². The first-order valence-electron chi connectivity index (χ1n) is 6.67. The molecule has 0 aliphatic heterocycles. The summed E-state index contributed by atoms with van der Waals surface area (Å²) in [7, 11) is 0. The molecule has 1 heterocycles. The highest BCUT2D eigenvalue weighted by atomic mass is 35.5. The van der Waals surface area contributed by atoms with E-state index in [1.807, 2.05) is 18.2 Å². The summed E-state index contributed by atoms with van der Waals surface area (Å²) < 4.78 is 5.71. The Morgan fingerprint density at radius 3 is 2.80 bits per heavy atom. The smallest absolute Gasteiger partial charge is 0.285 e. The minimum Gasteiger partial charge on any atom is -0.434 e. The third kappa shape index (κ3) is 2.31. The summed E-state index contributed by atoms with van der Waals surface area (Å²) in [6.07, 6.45) is 3.39. The molecule has 3 rings (SSSR count). The van der Waals surface area contributed by atoms with Crippen molar-refractivity contribution in [2.24, 2.45) is 0 Å². The zero-order chi connectivity index (χ0) is 14.2. The molecule has 1 fully saturated rings. The summed E-state index contributed by atoms with van der Waals surface area (Å²) in [6, 6.07) is 9.10. The van der Waals surface area contributed by atoms with E-state index in [1.54, 1.807) is 0 Å². The van der Waals surface area contributed by atoms with E-state index in [9.17, 15) is 4.79 Å². The van der Waals surface area contributed by atoms with Gasteiger partial charge < -0.3 is 4.74 Å². The average Bonchev–Trinajstić information content (AvgIpc) is 3.23. The molecule has 0 bridgehead atoms. The van der Waals surface area contributed by atoms with E-state index >= 15 is 0 Å². The second-order valence-electron chi connectivity index (χ2n) is 5.12. The number of ether oxygens (including phenoxy) is 1. The van der Waals surface area contributed by atoms with Gasteiger partial charge in [0.1, 0.15) is 10.9 Å². The van der Waals surface area contributed by atoms with Crippen molar-refractivity contribution in [3.63, 3.8) is 0 Å². The molecule has 1 N–H and O–H groups in total. The van der Waals surface area contributed by atoms with Crippen molar-refractivity contribution in [2.45, 2.75) is 31.6 Å². The van der Waals surface area contributed by atoms with Gasteiger partial charge in [-0.1, -0.05) is 36.7 Å². The average molecular weight is 291 g/mol. The van der Waals surface area contributed by atoms with Crippen molar-refractivity contribution in [2.75, 3.05) is 0 Å². The van der Waals surface area contributed by atoms with Crippen LogP contribution in [0.5, 0.6) is 11.6 Å². The van der Waals surface area contributed by atoms with E-state index in [-0.39, 0.29) is 21.9 Å². The summed E-state index contributed by atoms with van der Waals surface area (Å²) >= 11 is 5.68. The van der Waals surface area contributed by atoms with Crippen LogP contribution in [0.15, 0.2) is 35.1 Å². The van der Waals surface area contributed by atoms with E-state index in [0.29, 0.717) is 5.75 Å². The number of aromatic amines is 1. The summed E-state index contributed by atoms with van der Waals surface area (Å²) in [4.78, 5) is 11.8. The molecule has 104 valence electrons. The van der Waals surface area contributed by atoms with Crippen molar-refractivity contribution in [1.82, 2.24) is 10.2 Å². The third-order valence-corrected chi connectivity index (χ3v) is 4.12. The van der Waals surface area contributed by atoms with E-state index < -0.39 is 0 Å². The van der Waals surface area contributed by atoms with Crippen LogP contribution >= 0.6 is 11.6 Å². The second kappa shape index (κ2) is 4.94. The SMILES string of the molecule is CCC1(c2ccccc2Oc2n[nH]c(Cl)cc2=O)CC1. The Kier molecular flexibility index (Phi) is 3.26. The Balaban J connectivity index is 1.97. The second-order valence-corrected chi connectivity index (χ2v) is 5.52. The lowest BCUT2D eigenvalue weighted by molar-refractivity contribution is 0.436. The lowest BCUT2D eigenvalue weighted by Gasteiger charge is -2.17. The molecule has 0 saturated heterocycles. The first kappa shape index (κ1) is 13.2. The zero-order valence-electron chi connectivity index (χ0n) is 11.1. The first-order chi connectivity index (χ1) is 9.64. The fourth-order valence-corrected chi connectivity index (χ4v) is 2.65. The van der Waals surface area contributed by atoms with Gasteiger partial charge in [-0.15, -0.1) is 5.10 Å². The predicted molar refractivity (Wildman–Crippen MR) is 77.6 cm³/mol. The van der Waals surface area contributed by atoms with Crippen molar-refractivity contribution in [3.05, 3.63) is 51.3 Å². The van der Waals surface area contributed by atoms with Gasteiger partial charge in [-0.2, -0.15) is 0 Å². The molecule has 5 heteroatoms. The molecule has 1 aromatic heterocycles. The topological polar surface area (TPSA) is 55.0 Å². The summed E-state index contributed by atoms with van der Waals surface area (Å²) in [6.45, 7) is 2.18. The maximum absolute atomic E-state index is 11.8. The zero-order valence-corrected chi connectivity index (χ0v) is 11.9. The number of benzene rings is 1. The number of H-pyrrole nitrogens is 1. The van der Waals surface area contributed by atoms with Crippen molar-refractivity contribution in [1.29, 1.82) is 0 Å². The Hall–Kier alpha value is -1.81. The molecule has 0 amide bonds. The van der Waals surface area contributed by atoms with Gasteiger partial charge in [0.15, 0.2) is 0 Å². The molecule has 1 saturated carbocycles. The molecular weight excluding hydrogens is 276 g/mol. The van der Waals surface area contributed by atoms with E-state index in [4.69, 9.17) is 16.3 Å². The third-order valence-electron chi connectivity index (χ3n) is 3.93. The van der Waals surface area contributed by atoms with Crippen LogP contribution in [0.2, 0.25) is 5.15 Å². The molecular formula is C15H15ClN2O2. The highest BCUT2D eigenvalue weighted by Gasteiger charge is 2.44. The summed E-state index contributed by atoms with van der Waals surface area (Å²) in [5, 5.41) is 6.59. The van der Waals surface area contributed by atoms with Gasteiger partial charge >= 0.3 is 0 Å². The molecule has 1 aliphatic rings. The number of nitrogens with one attached hydrogen (secondary N) is 1. The largest absolute Gasteiger partial charge is 0.434 e. The lowest BCUT2D eigenvalue weighted by atomic mass is 9.92. The standard InChI is InChI=1S/C15H15ClN2O2/c1-2-15(7-8-15)10-5-3-4-6-12(10)20-14-11(19)9-13(16)17-18-14/h3-6,9H,2,7-8H2,1H3,(H,17,19). The van der Waals surface area contributed by atoms with Gasteiger partial charge in [-0.25, -0.2) is 0 Å². The molecule has 2 aromatic rings. The molecule has 0 spiro atoms. The van der Waals surface area contributed by atoms with Crippen LogP contribution < -0.4 is 10.2 Å². The van der Waals surface area contributed by atoms with Crippen LogP contribution in [0.3, 0.4) is 0 Å². The van der Waals surface area contributed by atoms with E-state index in [2.05, 4.69) is 23.2 Å². The first-order valence-corrected chi connectivity index (χ1v) is 7.05. The van der Waals surface area contributed by atoms with Crippen LogP contribution in [-0.4, -0.2) is 10.2 Å². The maximum atomic E-state index is 11.8. The number of aromatic nitrogens is 2. The van der Waals surface area contributed by atoms with Crippen molar-refractivity contribution in [3.8, 4) is 11.6 Å². The molecule has 0 atom stereocenters. The van der Waals surface area contributed by atoms with Crippen LogP contribution in [0.25, 0.3) is 0 Å². The number of rotatable bonds is 4. The molecule has 1 aliphatic carbocycles. The fraction of sp³-hybridized carbons (Fsp3) is 0.333. The highest BCUT2D eigenvalue weighted by Crippen LogP contribution is 2.53.